The number of para-hydroxylation sites is 3. The minimum Gasteiger partial charge on any atom is -0.454 e. The lowest BCUT2D eigenvalue weighted by Crippen LogP contribution is -2.18. The molecule has 7 aromatic carbocycles. The van der Waals surface area contributed by atoms with Gasteiger partial charge in [-0.15, -0.1) is 0 Å². The van der Waals surface area contributed by atoms with Crippen molar-refractivity contribution in [3.63, 3.8) is 0 Å². The molecule has 10 aromatic rings. The van der Waals surface area contributed by atoms with Crippen LogP contribution in [0, 0.1) is 5.41 Å². The third-order valence-corrected chi connectivity index (χ3v) is 11.9. The first kappa shape index (κ1) is 32.1. The van der Waals surface area contributed by atoms with Crippen LogP contribution in [0.15, 0.2) is 186 Å². The van der Waals surface area contributed by atoms with Gasteiger partial charge in [-0.2, -0.15) is 5.01 Å². The van der Waals surface area contributed by atoms with Crippen LogP contribution in [0.1, 0.15) is 30.1 Å². The van der Waals surface area contributed by atoms with Crippen LogP contribution in [0.25, 0.3) is 76.9 Å². The fourth-order valence-electron chi connectivity index (χ4n) is 9.32. The summed E-state index contributed by atoms with van der Waals surface area (Å²) in [6.45, 7) is 0.748. The lowest BCUT2D eigenvalue weighted by Gasteiger charge is -2.11. The summed E-state index contributed by atoms with van der Waals surface area (Å²) in [5, 5.41) is 20.8. The standard InChI is InChI=1S/C51H37N5O/c52-50(34-17-6-2-7-18-34)56-51(53(56)32-33-15-4-1-5-16-33)35-19-14-22-37(29-35)55-46-31-45-42(38-23-10-12-25-44(38)54(45)36-20-8-3-9-21-36)30-43(46)40-27-28-41-39-24-11-13-26-47(39)57-49(41)48(40)55/h2-4,6-31,51-52H,1,5,32H2. The first-order chi connectivity index (χ1) is 28.2. The molecule has 1 aliphatic carbocycles. The minimum atomic E-state index is -0.0829. The average molecular weight is 736 g/mol. The molecule has 6 nitrogen and oxygen atoms in total. The number of aromatic nitrogens is 2. The molecule has 57 heavy (non-hydrogen) atoms. The van der Waals surface area contributed by atoms with Gasteiger partial charge in [-0.3, -0.25) is 10.4 Å². The molecule has 12 rings (SSSR count). The summed E-state index contributed by atoms with van der Waals surface area (Å²) < 4.78 is 11.6. The lowest BCUT2D eigenvalue weighted by molar-refractivity contribution is 0.430. The molecule has 0 bridgehead atoms. The summed E-state index contributed by atoms with van der Waals surface area (Å²) >= 11 is 0. The Morgan fingerprint density at radius 1 is 0.579 bits per heavy atom. The summed E-state index contributed by atoms with van der Waals surface area (Å²) in [6, 6.07) is 56.0. The second-order valence-electron chi connectivity index (χ2n) is 15.2. The first-order valence-corrected chi connectivity index (χ1v) is 19.7. The Kier molecular flexibility index (Phi) is 7.01. The van der Waals surface area contributed by atoms with Crippen LogP contribution < -0.4 is 0 Å². The van der Waals surface area contributed by atoms with Crippen LogP contribution in [-0.2, 0) is 0 Å². The molecule has 4 heterocycles. The molecular formula is C51H37N5O. The number of fused-ring (bicyclic) bond motifs is 10. The van der Waals surface area contributed by atoms with E-state index in [0.717, 1.165) is 85.8 Å². The van der Waals surface area contributed by atoms with Crippen LogP contribution >= 0.6 is 0 Å². The van der Waals surface area contributed by atoms with Crippen molar-refractivity contribution in [3.8, 4) is 11.4 Å². The highest BCUT2D eigenvalue weighted by Gasteiger charge is 2.48. The molecule has 0 spiro atoms. The molecule has 1 saturated heterocycles. The quantitative estimate of drug-likeness (QED) is 0.105. The lowest BCUT2D eigenvalue weighted by atomic mass is 10.1. The minimum absolute atomic E-state index is 0.0829. The highest BCUT2D eigenvalue weighted by atomic mass is 16.3. The Morgan fingerprint density at radius 2 is 1.30 bits per heavy atom. The highest BCUT2D eigenvalue weighted by Crippen LogP contribution is 2.46. The van der Waals surface area contributed by atoms with Gasteiger partial charge in [0.05, 0.1) is 22.1 Å². The maximum absolute atomic E-state index is 9.37. The Labute approximate surface area is 328 Å². The van der Waals surface area contributed by atoms with Gasteiger partial charge in [0.1, 0.15) is 17.6 Å². The third-order valence-electron chi connectivity index (χ3n) is 11.9. The summed E-state index contributed by atoms with van der Waals surface area (Å²) in [4.78, 5) is 0. The van der Waals surface area contributed by atoms with Gasteiger partial charge >= 0.3 is 0 Å². The van der Waals surface area contributed by atoms with Crippen molar-refractivity contribution in [2.45, 2.75) is 19.0 Å². The second kappa shape index (κ2) is 12.4. The van der Waals surface area contributed by atoms with Gasteiger partial charge < -0.3 is 13.6 Å². The molecule has 6 heteroatoms. The number of furan rings is 1. The zero-order chi connectivity index (χ0) is 37.6. The van der Waals surface area contributed by atoms with E-state index in [2.05, 4.69) is 159 Å². The maximum atomic E-state index is 9.37. The van der Waals surface area contributed by atoms with Crippen LogP contribution in [-0.4, -0.2) is 31.5 Å². The molecule has 0 radical (unpaired) electrons. The zero-order valence-electron chi connectivity index (χ0n) is 31.1. The van der Waals surface area contributed by atoms with E-state index in [1.54, 1.807) is 0 Å². The smallest absolute Gasteiger partial charge is 0.160 e. The molecule has 0 saturated carbocycles. The molecule has 272 valence electrons. The molecule has 1 aliphatic heterocycles. The predicted octanol–water partition coefficient (Wildman–Crippen LogP) is 12.6. The van der Waals surface area contributed by atoms with Gasteiger partial charge in [-0.25, -0.2) is 0 Å². The molecule has 1 fully saturated rings. The van der Waals surface area contributed by atoms with E-state index in [1.807, 2.05) is 36.4 Å². The number of nitrogens with one attached hydrogen (secondary N) is 1. The van der Waals surface area contributed by atoms with Gasteiger partial charge in [0.25, 0.3) is 0 Å². The number of benzene rings is 7. The number of rotatable bonds is 6. The SMILES string of the molecule is N=C(c1ccccc1)N1C(c2cccc(-n3c4cc5c(cc4c4ccc6c7ccccc7oc6c43)c3ccccc3n5-c3ccccc3)c2)N1CC1=CCCC=C1. The fourth-order valence-corrected chi connectivity index (χ4v) is 9.32. The van der Waals surface area contributed by atoms with Crippen molar-refractivity contribution in [1.82, 2.24) is 19.2 Å². The van der Waals surface area contributed by atoms with E-state index in [4.69, 9.17) is 4.42 Å². The summed E-state index contributed by atoms with van der Waals surface area (Å²) in [5.41, 5.74) is 11.8. The highest BCUT2D eigenvalue weighted by molar-refractivity contribution is 6.24. The zero-order valence-corrected chi connectivity index (χ0v) is 31.1. The summed E-state index contributed by atoms with van der Waals surface area (Å²) in [6.07, 6.45) is 8.88. The van der Waals surface area contributed by atoms with Gasteiger partial charge in [-0.1, -0.05) is 121 Å². The normalized spacial score (nSPS) is 16.8. The van der Waals surface area contributed by atoms with Gasteiger partial charge in [-0.05, 0) is 78.6 Å². The van der Waals surface area contributed by atoms with Crippen molar-refractivity contribution in [2.75, 3.05) is 6.54 Å². The van der Waals surface area contributed by atoms with Crippen molar-refractivity contribution in [3.05, 3.63) is 193 Å². The van der Waals surface area contributed by atoms with Crippen molar-refractivity contribution in [1.29, 1.82) is 5.41 Å². The van der Waals surface area contributed by atoms with E-state index < -0.39 is 0 Å². The third kappa shape index (κ3) is 4.91. The van der Waals surface area contributed by atoms with Gasteiger partial charge in [0, 0.05) is 55.8 Å². The molecule has 2 atom stereocenters. The molecule has 3 aromatic heterocycles. The molecule has 2 aliphatic rings. The number of amidine groups is 1. The summed E-state index contributed by atoms with van der Waals surface area (Å²) in [7, 11) is 0. The van der Waals surface area contributed by atoms with Crippen LogP contribution in [0.3, 0.4) is 0 Å². The Hall–Kier alpha value is -7.15. The van der Waals surface area contributed by atoms with Crippen LogP contribution in [0.2, 0.25) is 0 Å². The van der Waals surface area contributed by atoms with Crippen molar-refractivity contribution in [2.24, 2.45) is 0 Å². The van der Waals surface area contributed by atoms with E-state index >= 15 is 0 Å². The van der Waals surface area contributed by atoms with Crippen LogP contribution in [0.5, 0.6) is 0 Å². The number of hydrazine groups is 1. The molecular weight excluding hydrogens is 699 g/mol. The van der Waals surface area contributed by atoms with Crippen molar-refractivity contribution >= 4 is 71.4 Å². The van der Waals surface area contributed by atoms with Crippen molar-refractivity contribution < 1.29 is 4.42 Å². The molecule has 0 amide bonds. The average Bonchev–Trinajstić information content (AvgIpc) is 3.52. The molecule has 2 unspecified atom stereocenters. The van der Waals surface area contributed by atoms with Gasteiger partial charge in [0.15, 0.2) is 5.58 Å². The maximum Gasteiger partial charge on any atom is 0.160 e. The Morgan fingerprint density at radius 3 is 2.14 bits per heavy atom. The topological polar surface area (TPSA) is 52.9 Å². The number of hydrogen-bond acceptors (Lipinski definition) is 3. The van der Waals surface area contributed by atoms with E-state index in [0.29, 0.717) is 5.84 Å². The monoisotopic (exact) mass is 735 g/mol. The van der Waals surface area contributed by atoms with Gasteiger partial charge in [0.2, 0.25) is 0 Å². The van der Waals surface area contributed by atoms with E-state index in [-0.39, 0.29) is 6.17 Å². The van der Waals surface area contributed by atoms with E-state index in [9.17, 15) is 5.41 Å². The van der Waals surface area contributed by atoms with Crippen LogP contribution in [0.4, 0.5) is 0 Å². The van der Waals surface area contributed by atoms with E-state index in [1.165, 1.54) is 27.2 Å². The largest absolute Gasteiger partial charge is 0.454 e. The second-order valence-corrected chi connectivity index (χ2v) is 15.2. The molecule has 1 N–H and O–H groups in total. The number of nitrogens with zero attached hydrogens (tertiary/aromatic N) is 4. The Balaban J connectivity index is 1.11. The summed E-state index contributed by atoms with van der Waals surface area (Å²) in [5.74, 6) is 0.503. The number of hydrogen-bond donors (Lipinski definition) is 1. The number of allylic oxidation sites excluding steroid dienone is 2. The fraction of sp³-hybridized carbons (Fsp3) is 0.0784. The first-order valence-electron chi connectivity index (χ1n) is 19.7. The predicted molar refractivity (Wildman–Crippen MR) is 233 cm³/mol. The Bertz CT molecular complexity index is 3310.